The summed E-state index contributed by atoms with van der Waals surface area (Å²) in [6.45, 7) is 2.35. The van der Waals surface area contributed by atoms with Crippen LogP contribution in [0.1, 0.15) is 17.0 Å². The highest BCUT2D eigenvalue weighted by Crippen LogP contribution is 2.19. The first kappa shape index (κ1) is 21.8. The van der Waals surface area contributed by atoms with Crippen LogP contribution in [0, 0.1) is 25.5 Å². The Labute approximate surface area is 171 Å². The van der Waals surface area contributed by atoms with Crippen molar-refractivity contribution in [2.24, 2.45) is 0 Å². The van der Waals surface area contributed by atoms with Gasteiger partial charge in [0.1, 0.15) is 11.6 Å². The van der Waals surface area contributed by atoms with E-state index in [9.17, 15) is 25.6 Å². The van der Waals surface area contributed by atoms with E-state index in [2.05, 4.69) is 14.8 Å². The third-order valence-corrected chi connectivity index (χ3v) is 7.13. The highest BCUT2D eigenvalue weighted by atomic mass is 32.2. The number of nitrogens with two attached hydrogens (primary N) is 1. The van der Waals surface area contributed by atoms with Crippen LogP contribution in [-0.4, -0.2) is 31.0 Å². The third kappa shape index (κ3) is 4.17. The Bertz CT molecular complexity index is 1340. The Kier molecular flexibility index (Phi) is 5.62. The number of halogens is 2. The standard InChI is InChI=1S/C17H17F2N5O4S2/c1-10-7-12(3-5-14(10)18)29(25,26)21-9-16-22-17(20)24(23-16)30(27,28)13-4-6-15(19)11(2)8-13/h3-8,21H,9H2,1-2H3,(H2,20,22,23). The molecule has 0 spiro atoms. The first-order chi connectivity index (χ1) is 13.9. The topological polar surface area (TPSA) is 137 Å². The minimum absolute atomic E-state index is 0.109. The van der Waals surface area contributed by atoms with Crippen LogP contribution in [0.2, 0.25) is 0 Å². The van der Waals surface area contributed by atoms with Crippen molar-refractivity contribution < 1.29 is 25.6 Å². The number of anilines is 1. The van der Waals surface area contributed by atoms with E-state index in [1.165, 1.54) is 13.8 Å². The van der Waals surface area contributed by atoms with Crippen LogP contribution in [0.4, 0.5) is 14.7 Å². The van der Waals surface area contributed by atoms with E-state index < -0.39 is 44.2 Å². The van der Waals surface area contributed by atoms with Crippen LogP contribution >= 0.6 is 0 Å². The summed E-state index contributed by atoms with van der Waals surface area (Å²) in [5.74, 6) is -1.84. The second-order valence-electron chi connectivity index (χ2n) is 6.38. The highest BCUT2D eigenvalue weighted by molar-refractivity contribution is 7.90. The van der Waals surface area contributed by atoms with Crippen LogP contribution in [0.5, 0.6) is 0 Å². The van der Waals surface area contributed by atoms with Crippen molar-refractivity contribution in [1.82, 2.24) is 18.9 Å². The van der Waals surface area contributed by atoms with Crippen LogP contribution < -0.4 is 10.5 Å². The molecule has 0 aliphatic rings. The van der Waals surface area contributed by atoms with Gasteiger partial charge in [-0.15, -0.1) is 9.19 Å². The first-order valence-corrected chi connectivity index (χ1v) is 11.3. The lowest BCUT2D eigenvalue weighted by atomic mass is 10.2. The van der Waals surface area contributed by atoms with Crippen LogP contribution in [-0.2, 0) is 26.6 Å². The predicted molar refractivity (Wildman–Crippen MR) is 103 cm³/mol. The fourth-order valence-corrected chi connectivity index (χ4v) is 4.83. The van der Waals surface area contributed by atoms with E-state index >= 15 is 0 Å². The van der Waals surface area contributed by atoms with E-state index in [4.69, 9.17) is 5.73 Å². The molecule has 0 amide bonds. The largest absolute Gasteiger partial charge is 0.367 e. The molecule has 13 heteroatoms. The maximum atomic E-state index is 13.4. The van der Waals surface area contributed by atoms with Gasteiger partial charge in [-0.05, 0) is 61.4 Å². The third-order valence-electron chi connectivity index (χ3n) is 4.16. The minimum atomic E-state index is -4.27. The second-order valence-corrected chi connectivity index (χ2v) is 9.92. The molecule has 0 fully saturated rings. The van der Waals surface area contributed by atoms with E-state index in [1.807, 2.05) is 0 Å². The fourth-order valence-electron chi connectivity index (χ4n) is 2.51. The highest BCUT2D eigenvalue weighted by Gasteiger charge is 2.24. The summed E-state index contributed by atoms with van der Waals surface area (Å²) in [4.78, 5) is 3.33. The molecule has 1 heterocycles. The zero-order valence-corrected chi connectivity index (χ0v) is 17.4. The summed E-state index contributed by atoms with van der Waals surface area (Å²) in [6.07, 6.45) is 0. The number of benzene rings is 2. The number of sulfonamides is 1. The molecular weight excluding hydrogens is 440 g/mol. The number of aryl methyl sites for hydroxylation is 2. The SMILES string of the molecule is Cc1cc(S(=O)(=O)NCc2nc(N)n(S(=O)(=O)c3ccc(F)c(C)c3)n2)ccc1F. The van der Waals surface area contributed by atoms with E-state index in [1.54, 1.807) is 0 Å². The smallest absolute Gasteiger partial charge is 0.286 e. The Morgan fingerprint density at radius 2 is 1.50 bits per heavy atom. The van der Waals surface area contributed by atoms with Gasteiger partial charge in [-0.3, -0.25) is 0 Å². The van der Waals surface area contributed by atoms with Gasteiger partial charge >= 0.3 is 0 Å². The molecule has 0 aliphatic carbocycles. The summed E-state index contributed by atoms with van der Waals surface area (Å²) in [5.41, 5.74) is 5.89. The van der Waals surface area contributed by atoms with Crippen molar-refractivity contribution in [1.29, 1.82) is 0 Å². The molecule has 3 N–H and O–H groups in total. The molecule has 3 aromatic rings. The number of hydrogen-bond acceptors (Lipinski definition) is 7. The molecule has 0 radical (unpaired) electrons. The maximum absolute atomic E-state index is 13.4. The van der Waals surface area contributed by atoms with Crippen LogP contribution in [0.3, 0.4) is 0 Å². The summed E-state index contributed by atoms with van der Waals surface area (Å²) in [7, 11) is -8.31. The zero-order chi connectivity index (χ0) is 22.3. The minimum Gasteiger partial charge on any atom is -0.367 e. The number of hydrogen-bond donors (Lipinski definition) is 2. The average molecular weight is 457 g/mol. The van der Waals surface area contributed by atoms with Gasteiger partial charge in [-0.25, -0.2) is 21.9 Å². The van der Waals surface area contributed by atoms with E-state index in [0.29, 0.717) is 4.09 Å². The molecule has 9 nitrogen and oxygen atoms in total. The molecule has 0 saturated carbocycles. The molecule has 30 heavy (non-hydrogen) atoms. The van der Waals surface area contributed by atoms with Gasteiger partial charge in [0.15, 0.2) is 5.82 Å². The number of aromatic nitrogens is 3. The zero-order valence-electron chi connectivity index (χ0n) is 15.8. The molecule has 0 saturated heterocycles. The summed E-state index contributed by atoms with van der Waals surface area (Å²) >= 11 is 0. The molecule has 0 unspecified atom stereocenters. The Hall–Kier alpha value is -2.90. The summed E-state index contributed by atoms with van der Waals surface area (Å²) in [6, 6.07) is 6.43. The molecular formula is C17H17F2N5O4S2. The second kappa shape index (κ2) is 7.74. The lowest BCUT2D eigenvalue weighted by Crippen LogP contribution is -2.24. The van der Waals surface area contributed by atoms with Crippen molar-refractivity contribution in [3.63, 3.8) is 0 Å². The summed E-state index contributed by atoms with van der Waals surface area (Å²) < 4.78 is 79.6. The lowest BCUT2D eigenvalue weighted by molar-refractivity contribution is 0.576. The van der Waals surface area contributed by atoms with Gasteiger partial charge < -0.3 is 5.73 Å². The van der Waals surface area contributed by atoms with E-state index in [0.717, 1.165) is 36.4 Å². The molecule has 0 bridgehead atoms. The fraction of sp³-hybridized carbons (Fsp3) is 0.176. The summed E-state index contributed by atoms with van der Waals surface area (Å²) in [5, 5.41) is 3.75. The molecule has 0 aliphatic heterocycles. The lowest BCUT2D eigenvalue weighted by Gasteiger charge is -2.07. The number of nitrogen functional groups attached to an aromatic ring is 1. The normalized spacial score (nSPS) is 12.3. The number of nitrogens with one attached hydrogen (secondary N) is 1. The number of rotatable bonds is 6. The van der Waals surface area contributed by atoms with Crippen molar-refractivity contribution in [3.8, 4) is 0 Å². The van der Waals surface area contributed by atoms with Crippen LogP contribution in [0.25, 0.3) is 0 Å². The van der Waals surface area contributed by atoms with Crippen molar-refractivity contribution in [2.75, 3.05) is 5.73 Å². The van der Waals surface area contributed by atoms with Gasteiger partial charge in [0.2, 0.25) is 16.0 Å². The molecule has 160 valence electrons. The van der Waals surface area contributed by atoms with Gasteiger partial charge in [-0.2, -0.15) is 13.4 Å². The average Bonchev–Trinajstić information content (AvgIpc) is 3.06. The predicted octanol–water partition coefficient (Wildman–Crippen LogP) is 1.47. The first-order valence-electron chi connectivity index (χ1n) is 8.41. The Morgan fingerprint density at radius 1 is 0.967 bits per heavy atom. The molecule has 2 aromatic carbocycles. The van der Waals surface area contributed by atoms with Gasteiger partial charge in [0.05, 0.1) is 16.3 Å². The maximum Gasteiger partial charge on any atom is 0.286 e. The van der Waals surface area contributed by atoms with Gasteiger partial charge in [0, 0.05) is 0 Å². The van der Waals surface area contributed by atoms with E-state index in [-0.39, 0.29) is 26.7 Å². The van der Waals surface area contributed by atoms with Crippen molar-refractivity contribution >= 4 is 26.0 Å². The van der Waals surface area contributed by atoms with Gasteiger partial charge in [-0.1, -0.05) is 0 Å². The van der Waals surface area contributed by atoms with Crippen molar-refractivity contribution in [2.45, 2.75) is 30.2 Å². The quantitative estimate of drug-likeness (QED) is 0.572. The van der Waals surface area contributed by atoms with Crippen molar-refractivity contribution in [3.05, 3.63) is 65.0 Å². The Morgan fingerprint density at radius 3 is 2.07 bits per heavy atom. The molecule has 1 aromatic heterocycles. The number of nitrogens with zero attached hydrogens (tertiary/aromatic N) is 3. The Balaban J connectivity index is 1.85. The monoisotopic (exact) mass is 457 g/mol. The molecule has 0 atom stereocenters. The van der Waals surface area contributed by atoms with Gasteiger partial charge in [0.25, 0.3) is 10.0 Å². The molecule has 3 rings (SSSR count). The van der Waals surface area contributed by atoms with Crippen LogP contribution in [0.15, 0.2) is 46.2 Å².